The van der Waals surface area contributed by atoms with E-state index in [0.29, 0.717) is 59.7 Å². The number of carboxylic acid groups (broad SMARTS) is 1. The summed E-state index contributed by atoms with van der Waals surface area (Å²) in [5.41, 5.74) is 2.46. The van der Waals surface area contributed by atoms with Crippen molar-refractivity contribution in [2.45, 2.75) is 6.42 Å². The minimum absolute atomic E-state index is 0.0575. The van der Waals surface area contributed by atoms with Gasteiger partial charge in [0.2, 0.25) is 0 Å². The molecule has 164 valence electrons. The molecular weight excluding hydrogens is 412 g/mol. The van der Waals surface area contributed by atoms with Crippen LogP contribution < -0.4 is 10.6 Å². The van der Waals surface area contributed by atoms with Crippen LogP contribution in [0.15, 0.2) is 54.7 Å². The number of nitrogens with zero attached hydrogens (tertiary/aromatic N) is 2. The minimum atomic E-state index is -1.17. The fraction of sp³-hybridized carbons (Fsp3) is 0.217. The predicted octanol–water partition coefficient (Wildman–Crippen LogP) is 3.44. The summed E-state index contributed by atoms with van der Waals surface area (Å²) in [6, 6.07) is 13.3. The van der Waals surface area contributed by atoms with Crippen molar-refractivity contribution >= 4 is 40.2 Å². The summed E-state index contributed by atoms with van der Waals surface area (Å²) in [6.07, 6.45) is 1.10. The average Bonchev–Trinajstić information content (AvgIpc) is 3.08. The van der Waals surface area contributed by atoms with Crippen LogP contribution in [0.4, 0.5) is 16.2 Å². The van der Waals surface area contributed by atoms with E-state index >= 15 is 0 Å². The van der Waals surface area contributed by atoms with Gasteiger partial charge in [-0.3, -0.25) is 19.9 Å². The Labute approximate surface area is 184 Å². The third-order valence-electron chi connectivity index (χ3n) is 5.09. The molecule has 4 rings (SSSR count). The van der Waals surface area contributed by atoms with Gasteiger partial charge in [0.05, 0.1) is 17.7 Å². The van der Waals surface area contributed by atoms with Crippen molar-refractivity contribution in [2.24, 2.45) is 0 Å². The van der Waals surface area contributed by atoms with E-state index in [0.717, 1.165) is 6.42 Å². The lowest BCUT2D eigenvalue weighted by Crippen LogP contribution is -2.33. The summed E-state index contributed by atoms with van der Waals surface area (Å²) >= 11 is 0. The summed E-state index contributed by atoms with van der Waals surface area (Å²) in [5.74, 6) is -0.419. The van der Waals surface area contributed by atoms with Gasteiger partial charge in [-0.15, -0.1) is 0 Å². The van der Waals surface area contributed by atoms with Crippen molar-refractivity contribution in [3.8, 4) is 0 Å². The highest BCUT2D eigenvalue weighted by atomic mass is 16.5. The van der Waals surface area contributed by atoms with Crippen molar-refractivity contribution in [3.05, 3.63) is 65.9 Å². The van der Waals surface area contributed by atoms with Crippen LogP contribution in [0.5, 0.6) is 0 Å². The molecule has 0 spiro atoms. The number of rotatable bonds is 4. The molecule has 3 N–H and O–H groups in total. The molecule has 2 aromatic carbocycles. The number of aromatic nitrogens is 1. The Morgan fingerprint density at radius 2 is 1.69 bits per heavy atom. The lowest BCUT2D eigenvalue weighted by atomic mass is 10.1. The van der Waals surface area contributed by atoms with E-state index < -0.39 is 6.09 Å². The number of benzene rings is 2. The second-order valence-electron chi connectivity index (χ2n) is 7.35. The smallest absolute Gasteiger partial charge is 0.409 e. The quantitative estimate of drug-likeness (QED) is 0.578. The van der Waals surface area contributed by atoms with Gasteiger partial charge in [0.25, 0.3) is 11.8 Å². The number of amides is 3. The molecule has 9 heteroatoms. The van der Waals surface area contributed by atoms with E-state index in [1.807, 2.05) is 0 Å². The number of fused-ring (bicyclic) bond motifs is 1. The number of nitrogens with one attached hydrogen (secondary N) is 2. The van der Waals surface area contributed by atoms with Gasteiger partial charge in [0.1, 0.15) is 0 Å². The van der Waals surface area contributed by atoms with Gasteiger partial charge in [0.15, 0.2) is 0 Å². The Hall–Kier alpha value is -3.98. The van der Waals surface area contributed by atoms with Crippen LogP contribution in [0.1, 0.15) is 27.1 Å². The molecule has 0 saturated carbocycles. The predicted molar refractivity (Wildman–Crippen MR) is 119 cm³/mol. The van der Waals surface area contributed by atoms with Crippen LogP contribution >= 0.6 is 0 Å². The van der Waals surface area contributed by atoms with Gasteiger partial charge in [-0.1, -0.05) is 0 Å². The van der Waals surface area contributed by atoms with Crippen molar-refractivity contribution in [1.82, 2.24) is 9.88 Å². The average molecular weight is 434 g/mol. The van der Waals surface area contributed by atoms with E-state index in [1.54, 1.807) is 53.4 Å². The van der Waals surface area contributed by atoms with Crippen LogP contribution in [-0.2, 0) is 4.74 Å². The first-order chi connectivity index (χ1) is 15.5. The molecule has 0 atom stereocenters. The Morgan fingerprint density at radius 3 is 2.47 bits per heavy atom. The zero-order chi connectivity index (χ0) is 22.5. The molecule has 9 nitrogen and oxygen atoms in total. The van der Waals surface area contributed by atoms with Gasteiger partial charge in [-0.05, 0) is 55.0 Å². The van der Waals surface area contributed by atoms with Gasteiger partial charge in [0, 0.05) is 48.2 Å². The lowest BCUT2D eigenvalue weighted by Gasteiger charge is -2.19. The molecule has 1 aliphatic rings. The molecule has 1 aliphatic heterocycles. The van der Waals surface area contributed by atoms with E-state index in [1.165, 1.54) is 6.20 Å². The standard InChI is InChI=1S/C23H22N4O5/c28-21(17-12-16-13-19(26-23(30)31)6-7-20(16)24-14-17)25-18-4-2-15(3-5-18)22(29)27-8-1-10-32-11-9-27/h2-7,12-14,26H,1,8-11H2,(H,25,28)(H,30,31). The van der Waals surface area contributed by atoms with E-state index in [9.17, 15) is 14.4 Å². The fourth-order valence-corrected chi connectivity index (χ4v) is 3.49. The first-order valence-electron chi connectivity index (χ1n) is 10.2. The molecule has 3 amide bonds. The first kappa shape index (κ1) is 21.3. The van der Waals surface area contributed by atoms with Crippen LogP contribution in [0.3, 0.4) is 0 Å². The summed E-state index contributed by atoms with van der Waals surface area (Å²) in [6.45, 7) is 2.43. The van der Waals surface area contributed by atoms with Crippen molar-refractivity contribution in [3.63, 3.8) is 0 Å². The van der Waals surface area contributed by atoms with Crippen LogP contribution in [0.25, 0.3) is 10.9 Å². The number of carbonyl (C=O) groups excluding carboxylic acids is 2. The number of ether oxygens (including phenoxy) is 1. The number of hydrogen-bond donors (Lipinski definition) is 3. The third kappa shape index (κ3) is 5.01. The summed E-state index contributed by atoms with van der Waals surface area (Å²) < 4.78 is 5.39. The van der Waals surface area contributed by atoms with Crippen molar-refractivity contribution < 1.29 is 24.2 Å². The highest BCUT2D eigenvalue weighted by molar-refractivity contribution is 6.06. The van der Waals surface area contributed by atoms with E-state index in [-0.39, 0.29) is 11.8 Å². The molecule has 32 heavy (non-hydrogen) atoms. The molecule has 0 bridgehead atoms. The number of anilines is 2. The monoisotopic (exact) mass is 434 g/mol. The highest BCUT2D eigenvalue weighted by Gasteiger charge is 2.17. The Balaban J connectivity index is 1.45. The van der Waals surface area contributed by atoms with Crippen molar-refractivity contribution in [2.75, 3.05) is 36.9 Å². The van der Waals surface area contributed by atoms with E-state index in [4.69, 9.17) is 9.84 Å². The van der Waals surface area contributed by atoms with Crippen LogP contribution in [-0.4, -0.2) is 59.2 Å². The normalized spacial score (nSPS) is 13.9. The Morgan fingerprint density at radius 1 is 0.906 bits per heavy atom. The van der Waals surface area contributed by atoms with Gasteiger partial charge < -0.3 is 20.1 Å². The molecule has 0 radical (unpaired) electrons. The van der Waals surface area contributed by atoms with Crippen LogP contribution in [0, 0.1) is 0 Å². The number of pyridine rings is 1. The summed E-state index contributed by atoms with van der Waals surface area (Å²) in [5, 5.41) is 14.6. The topological polar surface area (TPSA) is 121 Å². The largest absolute Gasteiger partial charge is 0.465 e. The maximum Gasteiger partial charge on any atom is 0.409 e. The molecule has 2 heterocycles. The van der Waals surface area contributed by atoms with Gasteiger partial charge >= 0.3 is 6.09 Å². The third-order valence-corrected chi connectivity index (χ3v) is 5.09. The number of carbonyl (C=O) groups is 3. The molecule has 1 fully saturated rings. The van der Waals surface area contributed by atoms with Gasteiger partial charge in [-0.25, -0.2) is 4.79 Å². The highest BCUT2D eigenvalue weighted by Crippen LogP contribution is 2.20. The SMILES string of the molecule is O=C(O)Nc1ccc2ncc(C(=O)Nc3ccc(C(=O)N4CCCOCC4)cc3)cc2c1. The first-order valence-corrected chi connectivity index (χ1v) is 10.2. The molecule has 1 aromatic heterocycles. The molecule has 3 aromatic rings. The minimum Gasteiger partial charge on any atom is -0.465 e. The fourth-order valence-electron chi connectivity index (χ4n) is 3.49. The number of hydrogen-bond acceptors (Lipinski definition) is 5. The maximum atomic E-state index is 12.7. The van der Waals surface area contributed by atoms with E-state index in [2.05, 4.69) is 15.6 Å². The van der Waals surface area contributed by atoms with Gasteiger partial charge in [-0.2, -0.15) is 0 Å². The Bertz CT molecular complexity index is 1150. The zero-order valence-electron chi connectivity index (χ0n) is 17.2. The Kier molecular flexibility index (Phi) is 6.27. The lowest BCUT2D eigenvalue weighted by molar-refractivity contribution is 0.0741. The molecule has 1 saturated heterocycles. The zero-order valence-corrected chi connectivity index (χ0v) is 17.2. The summed E-state index contributed by atoms with van der Waals surface area (Å²) in [4.78, 5) is 42.2. The molecule has 0 aliphatic carbocycles. The van der Waals surface area contributed by atoms with Crippen molar-refractivity contribution in [1.29, 1.82) is 0 Å². The maximum absolute atomic E-state index is 12.7. The van der Waals surface area contributed by atoms with Crippen LogP contribution in [0.2, 0.25) is 0 Å². The molecule has 0 unspecified atom stereocenters. The molecular formula is C23H22N4O5. The second kappa shape index (κ2) is 9.44. The second-order valence-corrected chi connectivity index (χ2v) is 7.35. The summed E-state index contributed by atoms with van der Waals surface area (Å²) in [7, 11) is 0.